The van der Waals surface area contributed by atoms with Crippen LogP contribution in [0.3, 0.4) is 0 Å². The Labute approximate surface area is 120 Å². The Kier molecular flexibility index (Phi) is 4.71. The maximum Gasteiger partial charge on any atom is 0.0762 e. The number of hydrogen-bond acceptors (Lipinski definition) is 3. The fourth-order valence-electron chi connectivity index (χ4n) is 2.72. The first-order valence-corrected chi connectivity index (χ1v) is 7.37. The molecule has 19 heavy (non-hydrogen) atoms. The summed E-state index contributed by atoms with van der Waals surface area (Å²) in [7, 11) is 0. The quantitative estimate of drug-likeness (QED) is 0.923. The van der Waals surface area contributed by atoms with Crippen LogP contribution in [0.4, 0.5) is 5.69 Å². The highest BCUT2D eigenvalue weighted by Gasteiger charge is 2.23. The molecule has 1 aromatic carbocycles. The lowest BCUT2D eigenvalue weighted by molar-refractivity contribution is 0.198. The summed E-state index contributed by atoms with van der Waals surface area (Å²) in [5.41, 5.74) is 1.95. The molecule has 1 saturated heterocycles. The lowest BCUT2D eigenvalue weighted by Crippen LogP contribution is -2.51. The molecular formula is C15H23ClN2O. The van der Waals surface area contributed by atoms with Crippen LogP contribution in [-0.2, 0) is 0 Å². The highest BCUT2D eigenvalue weighted by molar-refractivity contribution is 6.33. The van der Waals surface area contributed by atoms with Gasteiger partial charge in [-0.2, -0.15) is 0 Å². The van der Waals surface area contributed by atoms with Gasteiger partial charge in [0, 0.05) is 25.7 Å². The molecule has 106 valence electrons. The molecule has 1 aromatic rings. The van der Waals surface area contributed by atoms with E-state index in [0.717, 1.165) is 42.5 Å². The monoisotopic (exact) mass is 282 g/mol. The lowest BCUT2D eigenvalue weighted by atomic mass is 10.1. The molecule has 1 unspecified atom stereocenters. The van der Waals surface area contributed by atoms with Crippen LogP contribution in [0.2, 0.25) is 5.02 Å². The molecule has 0 bridgehead atoms. The normalized spacial score (nSPS) is 22.6. The summed E-state index contributed by atoms with van der Waals surface area (Å²) in [6.45, 7) is 10.4. The third kappa shape index (κ3) is 3.22. The molecule has 0 radical (unpaired) electrons. The van der Waals surface area contributed by atoms with E-state index in [4.69, 9.17) is 11.6 Å². The minimum absolute atomic E-state index is 0.470. The minimum Gasteiger partial charge on any atom is -0.389 e. The Hall–Kier alpha value is -0.770. The molecule has 2 rings (SSSR count). The molecule has 0 aliphatic carbocycles. The van der Waals surface area contributed by atoms with E-state index in [1.54, 1.807) is 6.92 Å². The van der Waals surface area contributed by atoms with E-state index in [-0.39, 0.29) is 0 Å². The molecule has 1 heterocycles. The summed E-state index contributed by atoms with van der Waals surface area (Å²) < 4.78 is 0. The highest BCUT2D eigenvalue weighted by atomic mass is 35.5. The number of likely N-dealkylation sites (N-methyl/N-ethyl adjacent to an activating group) is 1. The van der Waals surface area contributed by atoms with Crippen LogP contribution < -0.4 is 4.90 Å². The Morgan fingerprint density at radius 1 is 1.42 bits per heavy atom. The smallest absolute Gasteiger partial charge is 0.0762 e. The Morgan fingerprint density at radius 3 is 2.68 bits per heavy atom. The molecule has 3 nitrogen and oxygen atoms in total. The number of rotatable bonds is 3. The Morgan fingerprint density at radius 2 is 2.16 bits per heavy atom. The fraction of sp³-hybridized carbons (Fsp3) is 0.600. The van der Waals surface area contributed by atoms with Crippen LogP contribution in [-0.4, -0.2) is 42.2 Å². The second-order valence-corrected chi connectivity index (χ2v) is 5.72. The van der Waals surface area contributed by atoms with Crippen molar-refractivity contribution in [1.82, 2.24) is 4.90 Å². The summed E-state index contributed by atoms with van der Waals surface area (Å²) in [4.78, 5) is 4.82. The van der Waals surface area contributed by atoms with Gasteiger partial charge in [0.25, 0.3) is 0 Å². The van der Waals surface area contributed by atoms with Gasteiger partial charge in [0.2, 0.25) is 0 Å². The predicted molar refractivity (Wildman–Crippen MR) is 81.0 cm³/mol. The van der Waals surface area contributed by atoms with Crippen molar-refractivity contribution in [2.75, 3.05) is 31.1 Å². The largest absolute Gasteiger partial charge is 0.389 e. The van der Waals surface area contributed by atoms with Crippen molar-refractivity contribution < 1.29 is 5.11 Å². The first-order chi connectivity index (χ1) is 9.02. The molecule has 4 heteroatoms. The van der Waals surface area contributed by atoms with Crippen molar-refractivity contribution in [2.45, 2.75) is 32.9 Å². The lowest BCUT2D eigenvalue weighted by Gasteiger charge is -2.40. The van der Waals surface area contributed by atoms with Gasteiger partial charge in [-0.05, 0) is 38.1 Å². The van der Waals surface area contributed by atoms with Crippen molar-refractivity contribution in [3.8, 4) is 0 Å². The maximum absolute atomic E-state index is 9.58. The third-order valence-corrected chi connectivity index (χ3v) is 4.27. The van der Waals surface area contributed by atoms with Crippen molar-refractivity contribution in [3.05, 3.63) is 28.8 Å². The van der Waals surface area contributed by atoms with Gasteiger partial charge in [-0.1, -0.05) is 24.6 Å². The van der Waals surface area contributed by atoms with Gasteiger partial charge in [-0.25, -0.2) is 0 Å². The summed E-state index contributed by atoms with van der Waals surface area (Å²) in [5.74, 6) is 0. The minimum atomic E-state index is -0.470. The van der Waals surface area contributed by atoms with E-state index in [2.05, 4.69) is 23.6 Å². The first-order valence-electron chi connectivity index (χ1n) is 6.99. The Balaban J connectivity index is 2.15. The van der Waals surface area contributed by atoms with E-state index in [0.29, 0.717) is 6.04 Å². The average Bonchev–Trinajstić information content (AvgIpc) is 2.38. The van der Waals surface area contributed by atoms with E-state index < -0.39 is 6.10 Å². The standard InChI is InChI=1S/C15H23ClN2O/c1-4-17-7-8-18(10-11(17)2)15-6-5-13(12(3)19)9-14(15)16/h5-6,9,11-12,19H,4,7-8,10H2,1-3H3/t11?,12-/m1/s1. The SMILES string of the molecule is CCN1CCN(c2ccc([C@@H](C)O)cc2Cl)CC1C. The highest BCUT2D eigenvalue weighted by Crippen LogP contribution is 2.30. The van der Waals surface area contributed by atoms with Crippen LogP contribution >= 0.6 is 11.6 Å². The van der Waals surface area contributed by atoms with Crippen LogP contribution in [0.25, 0.3) is 0 Å². The fourth-order valence-corrected chi connectivity index (χ4v) is 3.03. The van der Waals surface area contributed by atoms with E-state index in [1.165, 1.54) is 0 Å². The number of benzene rings is 1. The second kappa shape index (κ2) is 6.12. The van der Waals surface area contributed by atoms with Crippen LogP contribution in [0.15, 0.2) is 18.2 Å². The van der Waals surface area contributed by atoms with Gasteiger partial charge in [0.1, 0.15) is 0 Å². The topological polar surface area (TPSA) is 26.7 Å². The first kappa shape index (κ1) is 14.6. The molecule has 0 saturated carbocycles. The van der Waals surface area contributed by atoms with Crippen LogP contribution in [0.1, 0.15) is 32.4 Å². The van der Waals surface area contributed by atoms with Crippen molar-refractivity contribution in [1.29, 1.82) is 0 Å². The molecule has 0 aromatic heterocycles. The van der Waals surface area contributed by atoms with Crippen molar-refractivity contribution >= 4 is 17.3 Å². The number of anilines is 1. The summed E-state index contributed by atoms with van der Waals surface area (Å²) >= 11 is 6.36. The van der Waals surface area contributed by atoms with Gasteiger partial charge in [0.15, 0.2) is 0 Å². The van der Waals surface area contributed by atoms with Crippen LogP contribution in [0, 0.1) is 0 Å². The Bertz CT molecular complexity index is 436. The number of piperazine rings is 1. The van der Waals surface area contributed by atoms with E-state index in [9.17, 15) is 5.11 Å². The molecule has 0 spiro atoms. The van der Waals surface area contributed by atoms with E-state index >= 15 is 0 Å². The van der Waals surface area contributed by atoms with Gasteiger partial charge < -0.3 is 10.0 Å². The molecule has 1 N–H and O–H groups in total. The number of aliphatic hydroxyl groups excluding tert-OH is 1. The molecule has 0 amide bonds. The second-order valence-electron chi connectivity index (χ2n) is 5.31. The summed E-state index contributed by atoms with van der Waals surface area (Å²) in [5, 5.41) is 10.3. The predicted octanol–water partition coefficient (Wildman–Crippen LogP) is 2.92. The number of hydrogen-bond donors (Lipinski definition) is 1. The number of nitrogens with zero attached hydrogens (tertiary/aromatic N) is 2. The average molecular weight is 283 g/mol. The third-order valence-electron chi connectivity index (χ3n) is 3.97. The summed E-state index contributed by atoms with van der Waals surface area (Å²) in [6, 6.07) is 6.41. The zero-order valence-corrected chi connectivity index (χ0v) is 12.7. The molecular weight excluding hydrogens is 260 g/mol. The van der Waals surface area contributed by atoms with Gasteiger partial charge in [-0.3, -0.25) is 4.90 Å². The zero-order chi connectivity index (χ0) is 14.0. The number of halogens is 1. The van der Waals surface area contributed by atoms with Crippen LogP contribution in [0.5, 0.6) is 0 Å². The molecule has 1 aliphatic heterocycles. The van der Waals surface area contributed by atoms with E-state index in [1.807, 2.05) is 18.2 Å². The maximum atomic E-state index is 9.58. The van der Waals surface area contributed by atoms with Crippen molar-refractivity contribution in [3.63, 3.8) is 0 Å². The molecule has 2 atom stereocenters. The molecule has 1 aliphatic rings. The zero-order valence-electron chi connectivity index (χ0n) is 11.9. The molecule has 1 fully saturated rings. The summed E-state index contributed by atoms with van der Waals surface area (Å²) in [6.07, 6.45) is -0.470. The van der Waals surface area contributed by atoms with Gasteiger partial charge >= 0.3 is 0 Å². The number of aliphatic hydroxyl groups is 1. The van der Waals surface area contributed by atoms with Gasteiger partial charge in [0.05, 0.1) is 16.8 Å². The van der Waals surface area contributed by atoms with Crippen molar-refractivity contribution in [2.24, 2.45) is 0 Å². The van der Waals surface area contributed by atoms with Gasteiger partial charge in [-0.15, -0.1) is 0 Å².